The van der Waals surface area contributed by atoms with Crippen molar-refractivity contribution >= 4 is 5.91 Å². The van der Waals surface area contributed by atoms with Gasteiger partial charge in [-0.3, -0.25) is 9.69 Å². The van der Waals surface area contributed by atoms with Crippen LogP contribution >= 0.6 is 0 Å². The van der Waals surface area contributed by atoms with Crippen LogP contribution < -0.4 is 5.32 Å². The quantitative estimate of drug-likeness (QED) is 0.807. The Hall–Kier alpha value is -1.55. The third-order valence-electron chi connectivity index (χ3n) is 2.90. The van der Waals surface area contributed by atoms with Gasteiger partial charge in [0.2, 0.25) is 5.91 Å². The molecule has 2 N–H and O–H groups in total. The molecule has 0 aromatic heterocycles. The summed E-state index contributed by atoms with van der Waals surface area (Å²) in [5.41, 5.74) is 1.72. The smallest absolute Gasteiger partial charge is 0.234 e. The number of aromatic hydroxyl groups is 1. The number of carbonyl (C=O) groups is 1. The van der Waals surface area contributed by atoms with E-state index in [-0.39, 0.29) is 5.91 Å². The predicted octanol–water partition coefficient (Wildman–Crippen LogP) is 1.66. The zero-order valence-electron chi connectivity index (χ0n) is 11.4. The summed E-state index contributed by atoms with van der Waals surface area (Å²) in [5, 5.41) is 12.7. The molecule has 100 valence electrons. The van der Waals surface area contributed by atoms with Crippen LogP contribution in [0.2, 0.25) is 0 Å². The van der Waals surface area contributed by atoms with Crippen molar-refractivity contribution in [3.63, 3.8) is 0 Å². The van der Waals surface area contributed by atoms with Gasteiger partial charge in [-0.1, -0.05) is 25.1 Å². The maximum Gasteiger partial charge on any atom is 0.234 e. The molecule has 1 aromatic rings. The maximum atomic E-state index is 11.5. The molecule has 1 aromatic carbocycles. The average Bonchev–Trinajstić information content (AvgIpc) is 2.34. The summed E-state index contributed by atoms with van der Waals surface area (Å²) in [6.45, 7) is 8.14. The first kappa shape index (κ1) is 14.5. The van der Waals surface area contributed by atoms with Crippen molar-refractivity contribution in [3.05, 3.63) is 29.3 Å². The molecular weight excluding hydrogens is 228 g/mol. The van der Waals surface area contributed by atoms with E-state index in [0.29, 0.717) is 25.4 Å². The Morgan fingerprint density at radius 1 is 1.39 bits per heavy atom. The Morgan fingerprint density at radius 3 is 2.72 bits per heavy atom. The van der Waals surface area contributed by atoms with E-state index < -0.39 is 0 Å². The van der Waals surface area contributed by atoms with Crippen LogP contribution in [-0.2, 0) is 11.3 Å². The van der Waals surface area contributed by atoms with Gasteiger partial charge in [0, 0.05) is 18.7 Å². The van der Waals surface area contributed by atoms with E-state index in [0.717, 1.165) is 17.7 Å². The molecule has 0 atom stereocenters. The van der Waals surface area contributed by atoms with E-state index in [4.69, 9.17) is 0 Å². The fraction of sp³-hybridized carbons (Fsp3) is 0.500. The van der Waals surface area contributed by atoms with Crippen molar-refractivity contribution in [2.75, 3.05) is 19.6 Å². The molecule has 0 saturated heterocycles. The monoisotopic (exact) mass is 250 g/mol. The van der Waals surface area contributed by atoms with E-state index in [2.05, 4.69) is 5.32 Å². The molecule has 0 radical (unpaired) electrons. The summed E-state index contributed by atoms with van der Waals surface area (Å²) >= 11 is 0. The standard InChI is InChI=1S/C14H22N2O2/c1-4-15-13(17)10-16(5-2)9-12-8-6-7-11(3)14(12)18/h6-8,18H,4-5,9-10H2,1-3H3,(H,15,17). The SMILES string of the molecule is CCNC(=O)CN(CC)Cc1cccc(C)c1O. The van der Waals surface area contributed by atoms with E-state index in [1.54, 1.807) is 0 Å². The second kappa shape index (κ2) is 7.01. The molecule has 4 heteroatoms. The van der Waals surface area contributed by atoms with Gasteiger partial charge in [0.1, 0.15) is 5.75 Å². The number of hydrogen-bond donors (Lipinski definition) is 2. The summed E-state index contributed by atoms with van der Waals surface area (Å²) < 4.78 is 0. The van der Waals surface area contributed by atoms with Crippen molar-refractivity contribution in [3.8, 4) is 5.75 Å². The van der Waals surface area contributed by atoms with Crippen molar-refractivity contribution in [2.45, 2.75) is 27.3 Å². The Kier molecular flexibility index (Phi) is 5.65. The highest BCUT2D eigenvalue weighted by Crippen LogP contribution is 2.22. The van der Waals surface area contributed by atoms with Crippen LogP contribution in [0.15, 0.2) is 18.2 Å². The third kappa shape index (κ3) is 4.04. The molecule has 1 rings (SSSR count). The number of phenols is 1. The van der Waals surface area contributed by atoms with Crippen LogP contribution in [0.25, 0.3) is 0 Å². The Morgan fingerprint density at radius 2 is 2.11 bits per heavy atom. The van der Waals surface area contributed by atoms with Gasteiger partial charge in [-0.15, -0.1) is 0 Å². The lowest BCUT2D eigenvalue weighted by atomic mass is 10.1. The summed E-state index contributed by atoms with van der Waals surface area (Å²) in [6, 6.07) is 5.69. The molecule has 1 amide bonds. The molecule has 0 aliphatic rings. The van der Waals surface area contributed by atoms with Crippen molar-refractivity contribution in [1.29, 1.82) is 0 Å². The number of nitrogens with zero attached hydrogens (tertiary/aromatic N) is 1. The second-order valence-electron chi connectivity index (χ2n) is 4.34. The fourth-order valence-electron chi connectivity index (χ4n) is 1.82. The highest BCUT2D eigenvalue weighted by atomic mass is 16.3. The molecule has 0 heterocycles. The number of para-hydroxylation sites is 1. The first-order chi connectivity index (χ1) is 8.58. The molecule has 0 aliphatic carbocycles. The van der Waals surface area contributed by atoms with Gasteiger partial charge >= 0.3 is 0 Å². The van der Waals surface area contributed by atoms with Crippen LogP contribution in [0.3, 0.4) is 0 Å². The number of phenolic OH excluding ortho intramolecular Hbond substituents is 1. The molecule has 0 saturated carbocycles. The lowest BCUT2D eigenvalue weighted by Crippen LogP contribution is -2.36. The van der Waals surface area contributed by atoms with Gasteiger partial charge in [0.05, 0.1) is 6.54 Å². The largest absolute Gasteiger partial charge is 0.507 e. The van der Waals surface area contributed by atoms with E-state index in [1.165, 1.54) is 0 Å². The summed E-state index contributed by atoms with van der Waals surface area (Å²) in [7, 11) is 0. The number of rotatable bonds is 6. The molecule has 18 heavy (non-hydrogen) atoms. The van der Waals surface area contributed by atoms with E-state index >= 15 is 0 Å². The number of nitrogens with one attached hydrogen (secondary N) is 1. The Balaban J connectivity index is 2.68. The van der Waals surface area contributed by atoms with Gasteiger partial charge in [-0.2, -0.15) is 0 Å². The molecule has 4 nitrogen and oxygen atoms in total. The van der Waals surface area contributed by atoms with Crippen molar-refractivity contribution < 1.29 is 9.90 Å². The van der Waals surface area contributed by atoms with E-state index in [1.807, 2.05) is 43.9 Å². The molecule has 0 fully saturated rings. The van der Waals surface area contributed by atoms with Gasteiger partial charge < -0.3 is 10.4 Å². The molecular formula is C14H22N2O2. The minimum absolute atomic E-state index is 0.0199. The van der Waals surface area contributed by atoms with Crippen molar-refractivity contribution in [2.24, 2.45) is 0 Å². The number of amides is 1. The van der Waals surface area contributed by atoms with Gasteiger partial charge in [0.15, 0.2) is 0 Å². The predicted molar refractivity (Wildman–Crippen MR) is 72.5 cm³/mol. The molecule has 0 aliphatic heterocycles. The summed E-state index contributed by atoms with van der Waals surface area (Å²) in [4.78, 5) is 13.5. The minimum atomic E-state index is 0.0199. The highest BCUT2D eigenvalue weighted by Gasteiger charge is 2.11. The van der Waals surface area contributed by atoms with Crippen molar-refractivity contribution in [1.82, 2.24) is 10.2 Å². The molecule has 0 unspecified atom stereocenters. The number of carbonyl (C=O) groups excluding carboxylic acids is 1. The van der Waals surface area contributed by atoms with E-state index in [9.17, 15) is 9.90 Å². The lowest BCUT2D eigenvalue weighted by molar-refractivity contribution is -0.122. The topological polar surface area (TPSA) is 52.6 Å². The first-order valence-electron chi connectivity index (χ1n) is 6.35. The molecule has 0 spiro atoms. The average molecular weight is 250 g/mol. The first-order valence-corrected chi connectivity index (χ1v) is 6.35. The number of likely N-dealkylation sites (N-methyl/N-ethyl adjacent to an activating group) is 2. The van der Waals surface area contributed by atoms with Crippen LogP contribution in [0.1, 0.15) is 25.0 Å². The third-order valence-corrected chi connectivity index (χ3v) is 2.90. The number of benzene rings is 1. The van der Waals surface area contributed by atoms with Crippen LogP contribution in [0, 0.1) is 6.92 Å². The zero-order chi connectivity index (χ0) is 13.5. The number of hydrogen-bond acceptors (Lipinski definition) is 3. The van der Waals surface area contributed by atoms with Crippen LogP contribution in [-0.4, -0.2) is 35.5 Å². The van der Waals surface area contributed by atoms with Crippen LogP contribution in [0.5, 0.6) is 5.75 Å². The summed E-state index contributed by atoms with van der Waals surface area (Å²) in [6.07, 6.45) is 0. The maximum absolute atomic E-state index is 11.5. The minimum Gasteiger partial charge on any atom is -0.507 e. The van der Waals surface area contributed by atoms with Gasteiger partial charge in [0.25, 0.3) is 0 Å². The molecule has 0 bridgehead atoms. The normalized spacial score (nSPS) is 10.7. The van der Waals surface area contributed by atoms with Gasteiger partial charge in [-0.25, -0.2) is 0 Å². The Bertz CT molecular complexity index is 405. The Labute approximate surface area is 109 Å². The zero-order valence-corrected chi connectivity index (χ0v) is 11.4. The lowest BCUT2D eigenvalue weighted by Gasteiger charge is -2.20. The van der Waals surface area contributed by atoms with Crippen LogP contribution in [0.4, 0.5) is 0 Å². The highest BCUT2D eigenvalue weighted by molar-refractivity contribution is 5.77. The van der Waals surface area contributed by atoms with Gasteiger partial charge in [-0.05, 0) is 26.0 Å². The summed E-state index contributed by atoms with van der Waals surface area (Å²) in [5.74, 6) is 0.346. The second-order valence-corrected chi connectivity index (χ2v) is 4.34. The number of aryl methyl sites for hydroxylation is 1. The fourth-order valence-corrected chi connectivity index (χ4v) is 1.82.